The van der Waals surface area contributed by atoms with E-state index in [9.17, 15) is 4.39 Å². The van der Waals surface area contributed by atoms with Crippen molar-refractivity contribution in [2.75, 3.05) is 5.32 Å². The Morgan fingerprint density at radius 3 is 2.04 bits per heavy atom. The van der Waals surface area contributed by atoms with Crippen molar-refractivity contribution in [3.63, 3.8) is 0 Å². The summed E-state index contributed by atoms with van der Waals surface area (Å²) in [4.78, 5) is 0. The third-order valence-corrected chi connectivity index (χ3v) is 3.59. The molecule has 0 radical (unpaired) electrons. The first-order valence-electron chi connectivity index (χ1n) is 7.56. The summed E-state index contributed by atoms with van der Waals surface area (Å²) in [5, 5.41) is 3.39. The molecule has 0 bridgehead atoms. The predicted molar refractivity (Wildman–Crippen MR) is 91.4 cm³/mol. The normalized spacial score (nSPS) is 11.7. The molecular weight excluding hydrogens is 289 g/mol. The molecule has 0 saturated carbocycles. The smallest absolute Gasteiger partial charge is 0.127 e. The van der Waals surface area contributed by atoms with Gasteiger partial charge in [0, 0.05) is 11.7 Å². The predicted octanol–water partition coefficient (Wildman–Crippen LogP) is 5.79. The van der Waals surface area contributed by atoms with Gasteiger partial charge in [-0.25, -0.2) is 4.39 Å². The SMILES string of the molecule is CC(Nc1ccc(Oc2ccccc2)cc1)c1ccc(F)cc1. The topological polar surface area (TPSA) is 21.3 Å². The van der Waals surface area contributed by atoms with Crippen LogP contribution < -0.4 is 10.1 Å². The van der Waals surface area contributed by atoms with Gasteiger partial charge in [0.1, 0.15) is 17.3 Å². The summed E-state index contributed by atoms with van der Waals surface area (Å²) in [7, 11) is 0. The average molecular weight is 307 g/mol. The maximum Gasteiger partial charge on any atom is 0.127 e. The summed E-state index contributed by atoms with van der Waals surface area (Å²) >= 11 is 0. The minimum absolute atomic E-state index is 0.0940. The quantitative estimate of drug-likeness (QED) is 0.644. The number of para-hydroxylation sites is 1. The highest BCUT2D eigenvalue weighted by molar-refractivity contribution is 5.48. The van der Waals surface area contributed by atoms with E-state index in [0.29, 0.717) is 0 Å². The number of hydrogen-bond donors (Lipinski definition) is 1. The second-order valence-corrected chi connectivity index (χ2v) is 5.36. The van der Waals surface area contributed by atoms with E-state index in [0.717, 1.165) is 22.7 Å². The van der Waals surface area contributed by atoms with Crippen LogP contribution in [0.1, 0.15) is 18.5 Å². The molecule has 0 amide bonds. The van der Waals surface area contributed by atoms with E-state index >= 15 is 0 Å². The zero-order valence-corrected chi connectivity index (χ0v) is 12.9. The Labute approximate surface area is 135 Å². The average Bonchev–Trinajstić information content (AvgIpc) is 2.58. The lowest BCUT2D eigenvalue weighted by Gasteiger charge is -2.16. The molecule has 0 aliphatic heterocycles. The summed E-state index contributed by atoms with van der Waals surface area (Å²) in [5.74, 6) is 1.38. The first-order valence-corrected chi connectivity index (χ1v) is 7.56. The molecule has 0 spiro atoms. The zero-order chi connectivity index (χ0) is 16.1. The fourth-order valence-corrected chi connectivity index (χ4v) is 2.33. The van der Waals surface area contributed by atoms with Crippen LogP contribution in [0.15, 0.2) is 78.9 Å². The second-order valence-electron chi connectivity index (χ2n) is 5.36. The van der Waals surface area contributed by atoms with Crippen molar-refractivity contribution in [2.45, 2.75) is 13.0 Å². The molecule has 0 aliphatic carbocycles. The number of benzene rings is 3. The second kappa shape index (κ2) is 6.97. The van der Waals surface area contributed by atoms with E-state index in [2.05, 4.69) is 5.32 Å². The number of halogens is 1. The van der Waals surface area contributed by atoms with Crippen molar-refractivity contribution in [1.29, 1.82) is 0 Å². The van der Waals surface area contributed by atoms with Crippen molar-refractivity contribution in [3.8, 4) is 11.5 Å². The van der Waals surface area contributed by atoms with Crippen molar-refractivity contribution in [1.82, 2.24) is 0 Å². The molecule has 3 aromatic rings. The Balaban J connectivity index is 1.64. The summed E-state index contributed by atoms with van der Waals surface area (Å²) in [6.07, 6.45) is 0. The fraction of sp³-hybridized carbons (Fsp3) is 0.100. The van der Waals surface area contributed by atoms with Gasteiger partial charge in [-0.15, -0.1) is 0 Å². The van der Waals surface area contributed by atoms with Gasteiger partial charge < -0.3 is 10.1 Å². The molecule has 0 fully saturated rings. The third kappa shape index (κ3) is 4.10. The molecule has 3 heteroatoms. The summed E-state index contributed by atoms with van der Waals surface area (Å²) in [6, 6.07) is 24.1. The van der Waals surface area contributed by atoms with Crippen LogP contribution >= 0.6 is 0 Å². The van der Waals surface area contributed by atoms with Gasteiger partial charge in [-0.1, -0.05) is 30.3 Å². The van der Waals surface area contributed by atoms with Gasteiger partial charge in [0.05, 0.1) is 0 Å². The van der Waals surface area contributed by atoms with Gasteiger partial charge in [0.2, 0.25) is 0 Å². The maximum absolute atomic E-state index is 13.0. The Kier molecular flexibility index (Phi) is 4.57. The van der Waals surface area contributed by atoms with Crippen LogP contribution in [-0.2, 0) is 0 Å². The molecule has 116 valence electrons. The van der Waals surface area contributed by atoms with Gasteiger partial charge in [-0.3, -0.25) is 0 Å². The molecule has 0 saturated heterocycles. The first-order chi connectivity index (χ1) is 11.2. The third-order valence-electron chi connectivity index (χ3n) is 3.59. The maximum atomic E-state index is 13.0. The van der Waals surface area contributed by atoms with Crippen LogP contribution in [0.2, 0.25) is 0 Å². The largest absolute Gasteiger partial charge is 0.457 e. The van der Waals surface area contributed by atoms with Gasteiger partial charge in [-0.2, -0.15) is 0 Å². The molecule has 3 aromatic carbocycles. The number of rotatable bonds is 5. The molecular formula is C20H18FNO. The van der Waals surface area contributed by atoms with E-state index in [1.807, 2.05) is 61.5 Å². The molecule has 23 heavy (non-hydrogen) atoms. The van der Waals surface area contributed by atoms with Crippen molar-refractivity contribution >= 4 is 5.69 Å². The summed E-state index contributed by atoms with van der Waals surface area (Å²) in [5.41, 5.74) is 2.03. The fourth-order valence-electron chi connectivity index (χ4n) is 2.33. The van der Waals surface area contributed by atoms with E-state index in [1.165, 1.54) is 12.1 Å². The Bertz CT molecular complexity index is 739. The monoisotopic (exact) mass is 307 g/mol. The highest BCUT2D eigenvalue weighted by Crippen LogP contribution is 2.25. The molecule has 3 rings (SSSR count). The van der Waals surface area contributed by atoms with Gasteiger partial charge in [0.25, 0.3) is 0 Å². The van der Waals surface area contributed by atoms with Crippen LogP contribution in [0.25, 0.3) is 0 Å². The van der Waals surface area contributed by atoms with Gasteiger partial charge >= 0.3 is 0 Å². The van der Waals surface area contributed by atoms with Gasteiger partial charge in [0.15, 0.2) is 0 Å². The highest BCUT2D eigenvalue weighted by atomic mass is 19.1. The lowest BCUT2D eigenvalue weighted by atomic mass is 10.1. The van der Waals surface area contributed by atoms with Crippen molar-refractivity contribution in [3.05, 3.63) is 90.2 Å². The standard InChI is InChI=1S/C20H18FNO/c1-15(16-7-9-17(21)10-8-16)22-18-11-13-20(14-12-18)23-19-5-3-2-4-6-19/h2-15,22H,1H3. The van der Waals surface area contributed by atoms with Gasteiger partial charge in [-0.05, 0) is 61.0 Å². The summed E-state index contributed by atoms with van der Waals surface area (Å²) in [6.45, 7) is 2.04. The lowest BCUT2D eigenvalue weighted by Crippen LogP contribution is -2.06. The number of hydrogen-bond acceptors (Lipinski definition) is 2. The minimum Gasteiger partial charge on any atom is -0.457 e. The highest BCUT2D eigenvalue weighted by Gasteiger charge is 2.05. The Morgan fingerprint density at radius 1 is 0.783 bits per heavy atom. The first kappa shape index (κ1) is 15.1. The molecule has 1 unspecified atom stereocenters. The number of anilines is 1. The summed E-state index contributed by atoms with van der Waals surface area (Å²) < 4.78 is 18.7. The van der Waals surface area contributed by atoms with Crippen molar-refractivity contribution < 1.29 is 9.13 Å². The van der Waals surface area contributed by atoms with Crippen LogP contribution in [0, 0.1) is 5.82 Å². The van der Waals surface area contributed by atoms with E-state index in [-0.39, 0.29) is 11.9 Å². The Hall–Kier alpha value is -2.81. The minimum atomic E-state index is -0.219. The van der Waals surface area contributed by atoms with Crippen LogP contribution in [0.3, 0.4) is 0 Å². The van der Waals surface area contributed by atoms with Crippen LogP contribution in [0.5, 0.6) is 11.5 Å². The molecule has 0 aromatic heterocycles. The van der Waals surface area contributed by atoms with Crippen molar-refractivity contribution in [2.24, 2.45) is 0 Å². The van der Waals surface area contributed by atoms with E-state index in [4.69, 9.17) is 4.74 Å². The Morgan fingerprint density at radius 2 is 1.39 bits per heavy atom. The molecule has 0 heterocycles. The van der Waals surface area contributed by atoms with E-state index in [1.54, 1.807) is 12.1 Å². The zero-order valence-electron chi connectivity index (χ0n) is 12.9. The number of ether oxygens (including phenoxy) is 1. The van der Waals surface area contributed by atoms with Crippen LogP contribution in [0.4, 0.5) is 10.1 Å². The molecule has 1 atom stereocenters. The van der Waals surface area contributed by atoms with Crippen LogP contribution in [-0.4, -0.2) is 0 Å². The molecule has 2 nitrogen and oxygen atoms in total. The molecule has 1 N–H and O–H groups in total. The number of nitrogens with one attached hydrogen (secondary N) is 1. The molecule has 0 aliphatic rings. The lowest BCUT2D eigenvalue weighted by molar-refractivity contribution is 0.483. The van der Waals surface area contributed by atoms with E-state index < -0.39 is 0 Å².